The van der Waals surface area contributed by atoms with Gasteiger partial charge in [0.15, 0.2) is 0 Å². The van der Waals surface area contributed by atoms with Crippen molar-refractivity contribution >= 4 is 46.3 Å². The van der Waals surface area contributed by atoms with E-state index in [0.29, 0.717) is 9.93 Å². The van der Waals surface area contributed by atoms with Crippen molar-refractivity contribution in [1.82, 2.24) is 4.90 Å². The van der Waals surface area contributed by atoms with Crippen molar-refractivity contribution in [3.63, 3.8) is 0 Å². The summed E-state index contributed by atoms with van der Waals surface area (Å²) in [7, 11) is 1.59. The van der Waals surface area contributed by atoms with Crippen molar-refractivity contribution in [3.05, 3.63) is 64.0 Å². The fourth-order valence-electron chi connectivity index (χ4n) is 2.23. The van der Waals surface area contributed by atoms with Gasteiger partial charge in [-0.05, 0) is 59.8 Å². The average molecular weight is 375 g/mol. The normalized spacial score (nSPS) is 15.8. The third-order valence-electron chi connectivity index (χ3n) is 3.57. The van der Waals surface area contributed by atoms with Crippen molar-refractivity contribution in [2.24, 2.45) is 0 Å². The number of carbonyl (C=O) groups excluding carboxylic acids is 2. The molecule has 7 heteroatoms. The monoisotopic (exact) mass is 374 g/mol. The Bertz CT molecular complexity index is 819. The maximum atomic E-state index is 12.4. The summed E-state index contributed by atoms with van der Waals surface area (Å²) in [6.45, 7) is 0.103. The van der Waals surface area contributed by atoms with Gasteiger partial charge in [0.25, 0.3) is 11.1 Å². The molecule has 0 spiro atoms. The summed E-state index contributed by atoms with van der Waals surface area (Å²) in [5, 5.41) is 3.37. The summed E-state index contributed by atoms with van der Waals surface area (Å²) in [5.41, 5.74) is 1.61. The number of hydrogen-bond donors (Lipinski definition) is 1. The second kappa shape index (κ2) is 7.63. The van der Waals surface area contributed by atoms with Crippen LogP contribution < -0.4 is 10.1 Å². The van der Waals surface area contributed by atoms with Gasteiger partial charge in [0, 0.05) is 10.7 Å². The number of methoxy groups -OCH3 is 1. The van der Waals surface area contributed by atoms with Crippen LogP contribution in [-0.2, 0) is 4.79 Å². The number of hydrogen-bond acceptors (Lipinski definition) is 5. The lowest BCUT2D eigenvalue weighted by Crippen LogP contribution is -2.33. The molecule has 5 nitrogen and oxygen atoms in total. The molecular formula is C18H15ClN2O3S. The van der Waals surface area contributed by atoms with Crippen LogP contribution in [0, 0.1) is 0 Å². The van der Waals surface area contributed by atoms with E-state index in [1.807, 2.05) is 12.1 Å². The summed E-state index contributed by atoms with van der Waals surface area (Å²) >= 11 is 6.77. The molecule has 2 aromatic rings. The number of anilines is 1. The van der Waals surface area contributed by atoms with E-state index in [-0.39, 0.29) is 17.8 Å². The van der Waals surface area contributed by atoms with Crippen molar-refractivity contribution in [2.45, 2.75) is 0 Å². The van der Waals surface area contributed by atoms with Crippen molar-refractivity contribution in [3.8, 4) is 5.75 Å². The Morgan fingerprint density at radius 1 is 1.12 bits per heavy atom. The quantitative estimate of drug-likeness (QED) is 0.783. The third kappa shape index (κ3) is 4.15. The molecule has 1 saturated heterocycles. The highest BCUT2D eigenvalue weighted by atomic mass is 35.5. The Balaban J connectivity index is 1.68. The van der Waals surface area contributed by atoms with E-state index >= 15 is 0 Å². The largest absolute Gasteiger partial charge is 0.497 e. The fourth-order valence-corrected chi connectivity index (χ4v) is 3.19. The van der Waals surface area contributed by atoms with Gasteiger partial charge in [-0.15, -0.1) is 0 Å². The topological polar surface area (TPSA) is 58.6 Å². The maximum absolute atomic E-state index is 12.4. The molecule has 0 aliphatic carbocycles. The van der Waals surface area contributed by atoms with E-state index in [9.17, 15) is 9.59 Å². The molecule has 1 aliphatic heterocycles. The van der Waals surface area contributed by atoms with Gasteiger partial charge in [-0.2, -0.15) is 0 Å². The summed E-state index contributed by atoms with van der Waals surface area (Å²) in [6, 6.07) is 14.3. The maximum Gasteiger partial charge on any atom is 0.295 e. The van der Waals surface area contributed by atoms with Gasteiger partial charge in [0.05, 0.1) is 18.7 Å². The number of benzene rings is 2. The number of carbonyl (C=O) groups is 2. The molecule has 0 unspecified atom stereocenters. The molecule has 3 rings (SSSR count). The predicted molar refractivity (Wildman–Crippen MR) is 101 cm³/mol. The zero-order valence-electron chi connectivity index (χ0n) is 13.4. The summed E-state index contributed by atoms with van der Waals surface area (Å²) < 4.78 is 5.10. The van der Waals surface area contributed by atoms with Gasteiger partial charge >= 0.3 is 0 Å². The highest BCUT2D eigenvalue weighted by Gasteiger charge is 2.34. The van der Waals surface area contributed by atoms with E-state index < -0.39 is 0 Å². The van der Waals surface area contributed by atoms with E-state index in [1.165, 1.54) is 4.90 Å². The highest BCUT2D eigenvalue weighted by Crippen LogP contribution is 2.32. The van der Waals surface area contributed by atoms with E-state index in [0.717, 1.165) is 28.8 Å². The predicted octanol–water partition coefficient (Wildman–Crippen LogP) is 4.45. The van der Waals surface area contributed by atoms with Gasteiger partial charge in [-0.3, -0.25) is 14.5 Å². The molecule has 2 amide bonds. The lowest BCUT2D eigenvalue weighted by atomic mass is 10.2. The molecule has 2 aromatic carbocycles. The minimum Gasteiger partial charge on any atom is -0.497 e. The van der Waals surface area contributed by atoms with Crippen LogP contribution in [0.2, 0.25) is 5.02 Å². The van der Waals surface area contributed by atoms with Crippen LogP contribution in [0.25, 0.3) is 6.08 Å². The van der Waals surface area contributed by atoms with Crippen molar-refractivity contribution in [2.75, 3.05) is 19.1 Å². The van der Waals surface area contributed by atoms with Crippen LogP contribution in [0.1, 0.15) is 5.56 Å². The number of nitrogens with zero attached hydrogens (tertiary/aromatic N) is 1. The van der Waals surface area contributed by atoms with Crippen LogP contribution in [0.3, 0.4) is 0 Å². The van der Waals surface area contributed by atoms with Crippen LogP contribution in [-0.4, -0.2) is 29.8 Å². The smallest absolute Gasteiger partial charge is 0.295 e. The molecule has 1 N–H and O–H groups in total. The van der Waals surface area contributed by atoms with Crippen LogP contribution in [0.4, 0.5) is 10.5 Å². The molecule has 1 aliphatic rings. The summed E-state index contributed by atoms with van der Waals surface area (Å²) in [6.07, 6.45) is 1.70. The Hall–Kier alpha value is -2.44. The van der Waals surface area contributed by atoms with Crippen molar-refractivity contribution in [1.29, 1.82) is 0 Å². The second-order valence-electron chi connectivity index (χ2n) is 5.22. The minimum absolute atomic E-state index is 0.103. The zero-order chi connectivity index (χ0) is 17.8. The van der Waals surface area contributed by atoms with Crippen LogP contribution >= 0.6 is 23.4 Å². The Morgan fingerprint density at radius 2 is 1.80 bits per heavy atom. The van der Waals surface area contributed by atoms with E-state index in [4.69, 9.17) is 16.3 Å². The number of nitrogens with one attached hydrogen (secondary N) is 1. The van der Waals surface area contributed by atoms with E-state index in [1.54, 1.807) is 49.6 Å². The number of amides is 2. The number of ether oxygens (including phenoxy) is 1. The van der Waals surface area contributed by atoms with Gasteiger partial charge in [0.1, 0.15) is 5.75 Å². The molecule has 0 aromatic heterocycles. The third-order valence-corrected chi connectivity index (χ3v) is 4.73. The lowest BCUT2D eigenvalue weighted by Gasteiger charge is -2.14. The van der Waals surface area contributed by atoms with E-state index in [2.05, 4.69) is 5.32 Å². The number of thioether (sulfide) groups is 1. The Kier molecular flexibility index (Phi) is 5.31. The first-order valence-electron chi connectivity index (χ1n) is 7.45. The van der Waals surface area contributed by atoms with Gasteiger partial charge < -0.3 is 10.1 Å². The first kappa shape index (κ1) is 17.4. The van der Waals surface area contributed by atoms with Gasteiger partial charge in [0.2, 0.25) is 0 Å². The van der Waals surface area contributed by atoms with Gasteiger partial charge in [-0.1, -0.05) is 23.7 Å². The van der Waals surface area contributed by atoms with Crippen LogP contribution in [0.5, 0.6) is 5.75 Å². The number of rotatable bonds is 5. The molecule has 0 bridgehead atoms. The molecule has 0 atom stereocenters. The molecule has 0 radical (unpaired) electrons. The molecule has 1 fully saturated rings. The fraction of sp³-hybridized carbons (Fsp3) is 0.111. The molecule has 25 heavy (non-hydrogen) atoms. The number of imide groups is 1. The first-order chi connectivity index (χ1) is 12.1. The summed E-state index contributed by atoms with van der Waals surface area (Å²) in [4.78, 5) is 26.1. The standard InChI is InChI=1S/C18H15ClN2O3S/c1-24-15-8-2-12(3-9-15)10-16-17(22)21(18(23)25-16)11-20-14-6-4-13(19)5-7-14/h2-10,20H,11H2,1H3. The van der Waals surface area contributed by atoms with Crippen molar-refractivity contribution < 1.29 is 14.3 Å². The highest BCUT2D eigenvalue weighted by molar-refractivity contribution is 8.18. The van der Waals surface area contributed by atoms with Crippen LogP contribution in [0.15, 0.2) is 53.4 Å². The first-order valence-corrected chi connectivity index (χ1v) is 8.65. The lowest BCUT2D eigenvalue weighted by molar-refractivity contribution is -0.122. The Morgan fingerprint density at radius 3 is 2.44 bits per heavy atom. The molecule has 0 saturated carbocycles. The average Bonchev–Trinajstić information content (AvgIpc) is 2.89. The number of halogens is 1. The Labute approximate surface area is 154 Å². The molecular weight excluding hydrogens is 360 g/mol. The SMILES string of the molecule is COc1ccc(C=C2SC(=O)N(CNc3ccc(Cl)cc3)C2=O)cc1. The summed E-state index contributed by atoms with van der Waals surface area (Å²) in [5.74, 6) is 0.421. The molecule has 1 heterocycles. The van der Waals surface area contributed by atoms with Gasteiger partial charge in [-0.25, -0.2) is 0 Å². The zero-order valence-corrected chi connectivity index (χ0v) is 14.9. The minimum atomic E-state index is -0.313. The molecule has 128 valence electrons. The second-order valence-corrected chi connectivity index (χ2v) is 6.65.